The van der Waals surface area contributed by atoms with Crippen LogP contribution in [-0.4, -0.2) is 21.1 Å². The Bertz CT molecular complexity index is 463. The number of hydrogen-bond donors (Lipinski definition) is 2. The van der Waals surface area contributed by atoms with Crippen molar-refractivity contribution >= 4 is 17.2 Å². The quantitative estimate of drug-likeness (QED) is 0.842. The van der Waals surface area contributed by atoms with Crippen LogP contribution in [0.1, 0.15) is 27.3 Å². The maximum absolute atomic E-state index is 11.5. The number of H-pyrrole nitrogens is 1. The van der Waals surface area contributed by atoms with E-state index in [0.717, 1.165) is 11.3 Å². The Morgan fingerprint density at radius 1 is 1.50 bits per heavy atom. The molecule has 2 aromatic rings. The van der Waals surface area contributed by atoms with Crippen molar-refractivity contribution < 1.29 is 4.79 Å². The van der Waals surface area contributed by atoms with E-state index >= 15 is 0 Å². The van der Waals surface area contributed by atoms with Crippen LogP contribution in [0.4, 0.5) is 0 Å². The molecular formula is C10H12N4OS. The summed E-state index contributed by atoms with van der Waals surface area (Å²) in [7, 11) is 0. The van der Waals surface area contributed by atoms with E-state index in [-0.39, 0.29) is 11.7 Å². The summed E-state index contributed by atoms with van der Waals surface area (Å²) in [6.07, 6.45) is 2.34. The van der Waals surface area contributed by atoms with Crippen LogP contribution in [0.5, 0.6) is 0 Å². The molecule has 5 nitrogen and oxygen atoms in total. The minimum Gasteiger partial charge on any atom is -0.344 e. The van der Waals surface area contributed by atoms with Gasteiger partial charge in [0.25, 0.3) is 5.91 Å². The summed E-state index contributed by atoms with van der Waals surface area (Å²) < 4.78 is 0. The number of amides is 1. The van der Waals surface area contributed by atoms with Crippen LogP contribution in [0.15, 0.2) is 18.5 Å². The smallest absolute Gasteiger partial charge is 0.288 e. The Morgan fingerprint density at radius 3 is 2.94 bits per heavy atom. The largest absolute Gasteiger partial charge is 0.344 e. The van der Waals surface area contributed by atoms with Gasteiger partial charge in [-0.15, -0.1) is 11.3 Å². The number of nitrogens with one attached hydrogen (secondary N) is 2. The Hall–Kier alpha value is -1.69. The normalized spacial score (nSPS) is 10.3. The van der Waals surface area contributed by atoms with E-state index in [9.17, 15) is 4.79 Å². The van der Waals surface area contributed by atoms with Gasteiger partial charge < -0.3 is 5.32 Å². The van der Waals surface area contributed by atoms with Crippen LogP contribution in [0.2, 0.25) is 0 Å². The van der Waals surface area contributed by atoms with E-state index in [1.807, 2.05) is 6.07 Å². The Morgan fingerprint density at radius 2 is 2.31 bits per heavy atom. The van der Waals surface area contributed by atoms with Gasteiger partial charge in [-0.3, -0.25) is 9.89 Å². The van der Waals surface area contributed by atoms with Gasteiger partial charge in [0, 0.05) is 9.75 Å². The molecule has 6 heteroatoms. The first-order chi connectivity index (χ1) is 7.79. The summed E-state index contributed by atoms with van der Waals surface area (Å²) in [5, 5.41) is 8.92. The van der Waals surface area contributed by atoms with Gasteiger partial charge in [-0.1, -0.05) is 6.92 Å². The van der Waals surface area contributed by atoms with Crippen molar-refractivity contribution in [2.24, 2.45) is 0 Å². The SMILES string of the molecule is CCc1ccc(CNC(=O)c2ncn[nH]2)s1. The molecule has 2 aromatic heterocycles. The molecular weight excluding hydrogens is 224 g/mol. The van der Waals surface area contributed by atoms with Crippen LogP contribution in [0, 0.1) is 0 Å². The molecule has 0 aromatic carbocycles. The number of thiophene rings is 1. The van der Waals surface area contributed by atoms with Gasteiger partial charge in [0.1, 0.15) is 6.33 Å². The van der Waals surface area contributed by atoms with Crippen molar-refractivity contribution in [2.75, 3.05) is 0 Å². The number of aryl methyl sites for hydroxylation is 1. The summed E-state index contributed by atoms with van der Waals surface area (Å²) in [4.78, 5) is 17.8. The summed E-state index contributed by atoms with van der Waals surface area (Å²) in [5.74, 6) is 0.0104. The summed E-state index contributed by atoms with van der Waals surface area (Å²) in [5.41, 5.74) is 0. The second-order valence-corrected chi connectivity index (χ2v) is 4.49. The number of aromatic amines is 1. The molecule has 0 spiro atoms. The van der Waals surface area contributed by atoms with E-state index in [4.69, 9.17) is 0 Å². The third-order valence-corrected chi connectivity index (χ3v) is 3.35. The van der Waals surface area contributed by atoms with Gasteiger partial charge in [-0.25, -0.2) is 4.98 Å². The molecule has 84 valence electrons. The van der Waals surface area contributed by atoms with Crippen molar-refractivity contribution in [1.82, 2.24) is 20.5 Å². The predicted octanol–water partition coefficient (Wildman–Crippen LogP) is 1.36. The molecule has 0 aliphatic rings. The topological polar surface area (TPSA) is 70.7 Å². The lowest BCUT2D eigenvalue weighted by Gasteiger charge is -1.99. The highest BCUT2D eigenvalue weighted by atomic mass is 32.1. The molecule has 0 fully saturated rings. The average Bonchev–Trinajstić information content (AvgIpc) is 2.96. The van der Waals surface area contributed by atoms with E-state index < -0.39 is 0 Å². The van der Waals surface area contributed by atoms with Crippen molar-refractivity contribution in [3.05, 3.63) is 34.0 Å². The minimum atomic E-state index is -0.232. The van der Waals surface area contributed by atoms with Crippen LogP contribution in [0.3, 0.4) is 0 Å². The number of carbonyl (C=O) groups is 1. The second kappa shape index (κ2) is 4.89. The molecule has 0 saturated carbocycles. The first kappa shape index (κ1) is 10.8. The standard InChI is InChI=1S/C10H12N4OS/c1-2-7-3-4-8(16-7)5-11-10(15)9-12-6-13-14-9/h3-4,6H,2,5H2,1H3,(H,11,15)(H,12,13,14). The summed E-state index contributed by atoms with van der Waals surface area (Å²) >= 11 is 1.71. The van der Waals surface area contributed by atoms with Crippen molar-refractivity contribution in [3.63, 3.8) is 0 Å². The Labute approximate surface area is 96.9 Å². The Kier molecular flexibility index (Phi) is 3.31. The lowest BCUT2D eigenvalue weighted by molar-refractivity contribution is 0.0941. The monoisotopic (exact) mass is 236 g/mol. The zero-order valence-electron chi connectivity index (χ0n) is 8.86. The molecule has 2 N–H and O–H groups in total. The molecule has 0 aliphatic carbocycles. The predicted molar refractivity (Wildman–Crippen MR) is 61.2 cm³/mol. The molecule has 0 bridgehead atoms. The fourth-order valence-corrected chi connectivity index (χ4v) is 2.17. The maximum atomic E-state index is 11.5. The highest BCUT2D eigenvalue weighted by molar-refractivity contribution is 7.11. The first-order valence-corrected chi connectivity index (χ1v) is 5.82. The fourth-order valence-electron chi connectivity index (χ4n) is 1.27. The molecule has 1 amide bonds. The van der Waals surface area contributed by atoms with Crippen LogP contribution in [-0.2, 0) is 13.0 Å². The first-order valence-electron chi connectivity index (χ1n) is 5.00. The van der Waals surface area contributed by atoms with E-state index in [2.05, 4.69) is 33.5 Å². The zero-order valence-corrected chi connectivity index (χ0v) is 9.67. The van der Waals surface area contributed by atoms with E-state index in [1.165, 1.54) is 11.2 Å². The molecule has 0 saturated heterocycles. The number of carbonyl (C=O) groups excluding carboxylic acids is 1. The van der Waals surface area contributed by atoms with Gasteiger partial charge in [0.05, 0.1) is 6.54 Å². The van der Waals surface area contributed by atoms with Crippen LogP contribution in [0.25, 0.3) is 0 Å². The highest BCUT2D eigenvalue weighted by Gasteiger charge is 2.08. The number of rotatable bonds is 4. The van der Waals surface area contributed by atoms with Crippen LogP contribution < -0.4 is 5.32 Å². The maximum Gasteiger partial charge on any atom is 0.288 e. The molecule has 0 aliphatic heterocycles. The highest BCUT2D eigenvalue weighted by Crippen LogP contribution is 2.16. The molecule has 2 rings (SSSR count). The lowest BCUT2D eigenvalue weighted by Crippen LogP contribution is -2.23. The van der Waals surface area contributed by atoms with Gasteiger partial charge in [0.15, 0.2) is 0 Å². The second-order valence-electron chi connectivity index (χ2n) is 3.24. The summed E-state index contributed by atoms with van der Waals surface area (Å²) in [6, 6.07) is 4.12. The minimum absolute atomic E-state index is 0.232. The molecule has 2 heterocycles. The average molecular weight is 236 g/mol. The number of nitrogens with zero attached hydrogens (tertiary/aromatic N) is 2. The summed E-state index contributed by atoms with van der Waals surface area (Å²) in [6.45, 7) is 2.65. The third-order valence-electron chi connectivity index (χ3n) is 2.12. The molecule has 0 atom stereocenters. The zero-order chi connectivity index (χ0) is 11.4. The lowest BCUT2D eigenvalue weighted by atomic mass is 10.3. The molecule has 0 radical (unpaired) electrons. The van der Waals surface area contributed by atoms with E-state index in [0.29, 0.717) is 6.54 Å². The van der Waals surface area contributed by atoms with Crippen molar-refractivity contribution in [1.29, 1.82) is 0 Å². The molecule has 16 heavy (non-hydrogen) atoms. The van der Waals surface area contributed by atoms with Crippen molar-refractivity contribution in [2.45, 2.75) is 19.9 Å². The van der Waals surface area contributed by atoms with Gasteiger partial charge in [-0.05, 0) is 18.6 Å². The van der Waals surface area contributed by atoms with Gasteiger partial charge >= 0.3 is 0 Å². The van der Waals surface area contributed by atoms with Gasteiger partial charge in [0.2, 0.25) is 5.82 Å². The Balaban J connectivity index is 1.90. The van der Waals surface area contributed by atoms with Crippen molar-refractivity contribution in [3.8, 4) is 0 Å². The third kappa shape index (κ3) is 2.46. The fraction of sp³-hybridized carbons (Fsp3) is 0.300. The van der Waals surface area contributed by atoms with Crippen LogP contribution >= 0.6 is 11.3 Å². The number of aromatic nitrogens is 3. The van der Waals surface area contributed by atoms with Gasteiger partial charge in [-0.2, -0.15) is 5.10 Å². The number of hydrogen-bond acceptors (Lipinski definition) is 4. The van der Waals surface area contributed by atoms with E-state index in [1.54, 1.807) is 11.3 Å². The molecule has 0 unspecified atom stereocenters.